The summed E-state index contributed by atoms with van der Waals surface area (Å²) in [5, 5.41) is 11.1. The second kappa shape index (κ2) is 5.22. The summed E-state index contributed by atoms with van der Waals surface area (Å²) >= 11 is 1.20. The molecule has 100 valence electrons. The highest BCUT2D eigenvalue weighted by molar-refractivity contribution is 7.18. The number of carbonyl (C=O) groups is 1. The van der Waals surface area contributed by atoms with Crippen LogP contribution in [0.4, 0.5) is 10.3 Å². The molecule has 1 amide bonds. The summed E-state index contributed by atoms with van der Waals surface area (Å²) in [4.78, 5) is 11.8. The SMILES string of the molecule is CC1(C)CCC(CC(=O)Nc2nnc(N)s2)CC1. The number of nitrogens with zero attached hydrogens (tertiary/aromatic N) is 2. The minimum absolute atomic E-state index is 0.0239. The van der Waals surface area contributed by atoms with E-state index in [0.717, 1.165) is 12.8 Å². The summed E-state index contributed by atoms with van der Waals surface area (Å²) in [7, 11) is 0. The van der Waals surface area contributed by atoms with Crippen molar-refractivity contribution in [3.05, 3.63) is 0 Å². The van der Waals surface area contributed by atoms with Crippen LogP contribution in [0.5, 0.6) is 0 Å². The van der Waals surface area contributed by atoms with Crippen molar-refractivity contribution < 1.29 is 4.79 Å². The third kappa shape index (κ3) is 3.66. The Balaban J connectivity index is 1.78. The predicted molar refractivity (Wildman–Crippen MR) is 73.3 cm³/mol. The lowest BCUT2D eigenvalue weighted by Crippen LogP contribution is -2.24. The molecule has 0 aliphatic heterocycles. The highest BCUT2D eigenvalue weighted by atomic mass is 32.1. The first-order chi connectivity index (χ1) is 8.44. The van der Waals surface area contributed by atoms with Crippen LogP contribution in [0.1, 0.15) is 46.0 Å². The second-order valence-electron chi connectivity index (χ2n) is 5.81. The molecule has 18 heavy (non-hydrogen) atoms. The zero-order chi connectivity index (χ0) is 13.2. The van der Waals surface area contributed by atoms with Gasteiger partial charge in [-0.05, 0) is 37.0 Å². The van der Waals surface area contributed by atoms with Crippen LogP contribution >= 0.6 is 11.3 Å². The number of amides is 1. The van der Waals surface area contributed by atoms with Crippen LogP contribution in [-0.4, -0.2) is 16.1 Å². The van der Waals surface area contributed by atoms with E-state index in [4.69, 9.17) is 5.73 Å². The van der Waals surface area contributed by atoms with E-state index in [2.05, 4.69) is 29.4 Å². The number of aromatic nitrogens is 2. The molecule has 0 aromatic carbocycles. The molecule has 1 aromatic rings. The van der Waals surface area contributed by atoms with E-state index in [1.165, 1.54) is 24.2 Å². The van der Waals surface area contributed by atoms with Gasteiger partial charge >= 0.3 is 0 Å². The van der Waals surface area contributed by atoms with Crippen LogP contribution in [-0.2, 0) is 4.79 Å². The molecule has 1 heterocycles. The zero-order valence-electron chi connectivity index (χ0n) is 10.9. The molecular weight excluding hydrogens is 248 g/mol. The van der Waals surface area contributed by atoms with Crippen molar-refractivity contribution in [1.82, 2.24) is 10.2 Å². The van der Waals surface area contributed by atoms with Gasteiger partial charge in [0.05, 0.1) is 0 Å². The summed E-state index contributed by atoms with van der Waals surface area (Å²) in [6.07, 6.45) is 5.26. The van der Waals surface area contributed by atoms with Gasteiger partial charge in [-0.1, -0.05) is 25.2 Å². The summed E-state index contributed by atoms with van der Waals surface area (Å²) in [5.74, 6) is 0.527. The molecule has 1 fully saturated rings. The summed E-state index contributed by atoms with van der Waals surface area (Å²) < 4.78 is 0. The Morgan fingerprint density at radius 3 is 2.67 bits per heavy atom. The van der Waals surface area contributed by atoms with Crippen molar-refractivity contribution in [2.24, 2.45) is 11.3 Å². The average molecular weight is 268 g/mol. The third-order valence-electron chi connectivity index (χ3n) is 3.62. The lowest BCUT2D eigenvalue weighted by atomic mass is 9.72. The highest BCUT2D eigenvalue weighted by Gasteiger charge is 2.28. The molecule has 5 nitrogen and oxygen atoms in total. The number of nitrogen functional groups attached to an aromatic ring is 1. The summed E-state index contributed by atoms with van der Waals surface area (Å²) in [6.45, 7) is 4.60. The fourth-order valence-electron chi connectivity index (χ4n) is 2.38. The normalized spacial score (nSPS) is 19.7. The number of anilines is 2. The van der Waals surface area contributed by atoms with E-state index >= 15 is 0 Å². The largest absolute Gasteiger partial charge is 0.374 e. The van der Waals surface area contributed by atoms with Crippen LogP contribution in [0.3, 0.4) is 0 Å². The predicted octanol–water partition coefficient (Wildman–Crippen LogP) is 2.67. The topological polar surface area (TPSA) is 80.9 Å². The summed E-state index contributed by atoms with van der Waals surface area (Å²) in [5.41, 5.74) is 5.91. The molecule has 1 aliphatic rings. The fraction of sp³-hybridized carbons (Fsp3) is 0.750. The first kappa shape index (κ1) is 13.3. The molecule has 1 saturated carbocycles. The Hall–Kier alpha value is -1.17. The smallest absolute Gasteiger partial charge is 0.226 e. The van der Waals surface area contributed by atoms with E-state index in [0.29, 0.717) is 28.0 Å². The maximum atomic E-state index is 11.8. The van der Waals surface area contributed by atoms with Crippen molar-refractivity contribution in [3.8, 4) is 0 Å². The van der Waals surface area contributed by atoms with Gasteiger partial charge < -0.3 is 11.1 Å². The monoisotopic (exact) mass is 268 g/mol. The van der Waals surface area contributed by atoms with Gasteiger partial charge in [0.25, 0.3) is 0 Å². The van der Waals surface area contributed by atoms with Gasteiger partial charge in [0, 0.05) is 6.42 Å². The van der Waals surface area contributed by atoms with E-state index in [1.54, 1.807) is 0 Å². The minimum Gasteiger partial charge on any atom is -0.374 e. The van der Waals surface area contributed by atoms with Crippen molar-refractivity contribution >= 4 is 27.5 Å². The lowest BCUT2D eigenvalue weighted by molar-refractivity contribution is -0.117. The second-order valence-corrected chi connectivity index (χ2v) is 6.81. The van der Waals surface area contributed by atoms with E-state index in [9.17, 15) is 4.79 Å². The molecule has 0 bridgehead atoms. The molecular formula is C12H20N4OS. The van der Waals surface area contributed by atoms with Gasteiger partial charge in [0.2, 0.25) is 16.2 Å². The molecule has 0 saturated heterocycles. The number of hydrogen-bond acceptors (Lipinski definition) is 5. The molecule has 0 spiro atoms. The van der Waals surface area contributed by atoms with Gasteiger partial charge in [0.15, 0.2) is 0 Å². The molecule has 3 N–H and O–H groups in total. The van der Waals surface area contributed by atoms with Gasteiger partial charge in [-0.3, -0.25) is 4.79 Å². The van der Waals surface area contributed by atoms with Crippen molar-refractivity contribution in [1.29, 1.82) is 0 Å². The Kier molecular flexibility index (Phi) is 3.85. The highest BCUT2D eigenvalue weighted by Crippen LogP contribution is 2.39. The van der Waals surface area contributed by atoms with Gasteiger partial charge in [-0.15, -0.1) is 10.2 Å². The van der Waals surface area contributed by atoms with Crippen LogP contribution < -0.4 is 11.1 Å². The maximum absolute atomic E-state index is 11.8. The van der Waals surface area contributed by atoms with Gasteiger partial charge in [-0.2, -0.15) is 0 Å². The first-order valence-electron chi connectivity index (χ1n) is 6.33. The zero-order valence-corrected chi connectivity index (χ0v) is 11.7. The average Bonchev–Trinajstić information content (AvgIpc) is 2.67. The lowest BCUT2D eigenvalue weighted by Gasteiger charge is -2.33. The number of rotatable bonds is 3. The van der Waals surface area contributed by atoms with Crippen LogP contribution in [0.2, 0.25) is 0 Å². The molecule has 0 radical (unpaired) electrons. The van der Waals surface area contributed by atoms with Crippen LogP contribution in [0.15, 0.2) is 0 Å². The third-order valence-corrected chi connectivity index (χ3v) is 4.29. The molecule has 0 atom stereocenters. The Labute approximate surface area is 111 Å². The van der Waals surface area contributed by atoms with Crippen molar-refractivity contribution in [2.75, 3.05) is 11.1 Å². The van der Waals surface area contributed by atoms with Crippen LogP contribution in [0.25, 0.3) is 0 Å². The molecule has 1 aromatic heterocycles. The van der Waals surface area contributed by atoms with Crippen molar-refractivity contribution in [3.63, 3.8) is 0 Å². The molecule has 2 rings (SSSR count). The fourth-order valence-corrected chi connectivity index (χ4v) is 2.91. The Morgan fingerprint density at radius 1 is 1.44 bits per heavy atom. The van der Waals surface area contributed by atoms with Crippen LogP contribution in [0, 0.1) is 11.3 Å². The number of nitrogens with one attached hydrogen (secondary N) is 1. The molecule has 0 unspecified atom stereocenters. The first-order valence-corrected chi connectivity index (χ1v) is 7.15. The minimum atomic E-state index is 0.0239. The van der Waals surface area contributed by atoms with E-state index in [1.807, 2.05) is 0 Å². The van der Waals surface area contributed by atoms with E-state index in [-0.39, 0.29) is 5.91 Å². The van der Waals surface area contributed by atoms with Crippen molar-refractivity contribution in [2.45, 2.75) is 46.0 Å². The maximum Gasteiger partial charge on any atom is 0.226 e. The van der Waals surface area contributed by atoms with E-state index < -0.39 is 0 Å². The van der Waals surface area contributed by atoms with Gasteiger partial charge in [0.1, 0.15) is 0 Å². The number of hydrogen-bond donors (Lipinski definition) is 2. The number of nitrogens with two attached hydrogens (primary N) is 1. The summed E-state index contributed by atoms with van der Waals surface area (Å²) in [6, 6.07) is 0. The number of carbonyl (C=O) groups excluding carboxylic acids is 1. The molecule has 1 aliphatic carbocycles. The standard InChI is InChI=1S/C12H20N4OS/c1-12(2)5-3-8(4-6-12)7-9(17)14-11-16-15-10(13)18-11/h8H,3-7H2,1-2H3,(H2,13,15)(H,14,16,17). The molecule has 6 heteroatoms. The quantitative estimate of drug-likeness (QED) is 0.883. The Bertz CT molecular complexity index is 419. The van der Waals surface area contributed by atoms with Gasteiger partial charge in [-0.25, -0.2) is 0 Å². The Morgan fingerprint density at radius 2 is 2.11 bits per heavy atom.